The van der Waals surface area contributed by atoms with E-state index in [-0.39, 0.29) is 23.6 Å². The minimum atomic E-state index is -0.0681. The lowest BCUT2D eigenvalue weighted by Crippen LogP contribution is -2.68. The molecule has 0 spiro atoms. The lowest BCUT2D eigenvalue weighted by molar-refractivity contribution is -0.140. The summed E-state index contributed by atoms with van der Waals surface area (Å²) in [5, 5.41) is 6.06. The number of carbonyl (C=O) groups excluding carboxylic acids is 1. The largest absolute Gasteiger partial charge is 0.380 e. The molecule has 0 aromatic rings. The molecule has 0 aromatic heterocycles. The zero-order chi connectivity index (χ0) is 16.2. The number of ether oxygens (including phenoxy) is 2. The van der Waals surface area contributed by atoms with Crippen molar-refractivity contribution in [3.8, 4) is 0 Å². The average molecular weight is 313 g/mol. The number of rotatable bonds is 6. The first-order chi connectivity index (χ1) is 10.5. The summed E-state index contributed by atoms with van der Waals surface area (Å²) in [5.74, 6) is 0.346. The molecule has 1 saturated carbocycles. The SMILES string of the molecule is CO[C@@H]1[C@H](C)[C@H](NC(=O)NCCCN2CCOCC2)C1(C)C. The second kappa shape index (κ2) is 7.62. The Labute approximate surface area is 133 Å². The van der Waals surface area contributed by atoms with E-state index in [9.17, 15) is 4.79 Å². The molecule has 1 saturated heterocycles. The molecule has 0 unspecified atom stereocenters. The fraction of sp³-hybridized carbons (Fsp3) is 0.938. The molecule has 1 aliphatic heterocycles. The predicted octanol–water partition coefficient (Wildman–Crippen LogP) is 1.07. The Morgan fingerprint density at radius 3 is 2.64 bits per heavy atom. The van der Waals surface area contributed by atoms with Crippen molar-refractivity contribution >= 4 is 6.03 Å². The summed E-state index contributed by atoms with van der Waals surface area (Å²) in [6, 6.07) is 0.0955. The van der Waals surface area contributed by atoms with Gasteiger partial charge in [-0.1, -0.05) is 20.8 Å². The van der Waals surface area contributed by atoms with Gasteiger partial charge in [0.15, 0.2) is 0 Å². The molecule has 2 aliphatic rings. The molecule has 0 aromatic carbocycles. The summed E-state index contributed by atoms with van der Waals surface area (Å²) in [4.78, 5) is 14.4. The second-order valence-corrected chi connectivity index (χ2v) is 7.02. The molecule has 6 nitrogen and oxygen atoms in total. The fourth-order valence-electron chi connectivity index (χ4n) is 3.95. The van der Waals surface area contributed by atoms with E-state index in [4.69, 9.17) is 9.47 Å². The van der Waals surface area contributed by atoms with Gasteiger partial charge < -0.3 is 20.1 Å². The Balaban J connectivity index is 1.62. The number of urea groups is 1. The van der Waals surface area contributed by atoms with Gasteiger partial charge in [0.25, 0.3) is 0 Å². The van der Waals surface area contributed by atoms with E-state index in [1.807, 2.05) is 0 Å². The number of hydrogen-bond acceptors (Lipinski definition) is 4. The first-order valence-corrected chi connectivity index (χ1v) is 8.34. The van der Waals surface area contributed by atoms with Gasteiger partial charge in [0.05, 0.1) is 19.3 Å². The Kier molecular flexibility index (Phi) is 6.06. The van der Waals surface area contributed by atoms with Gasteiger partial charge in [0.2, 0.25) is 0 Å². The van der Waals surface area contributed by atoms with Crippen LogP contribution < -0.4 is 10.6 Å². The lowest BCUT2D eigenvalue weighted by Gasteiger charge is -2.56. The number of morpholine rings is 1. The summed E-state index contributed by atoms with van der Waals surface area (Å²) in [5.41, 5.74) is -0.0146. The highest BCUT2D eigenvalue weighted by Gasteiger charge is 2.55. The Morgan fingerprint density at radius 2 is 2.05 bits per heavy atom. The van der Waals surface area contributed by atoms with E-state index >= 15 is 0 Å². The zero-order valence-electron chi connectivity index (χ0n) is 14.4. The quantitative estimate of drug-likeness (QED) is 0.720. The topological polar surface area (TPSA) is 62.8 Å². The van der Waals surface area contributed by atoms with Crippen molar-refractivity contribution in [3.63, 3.8) is 0 Å². The van der Waals surface area contributed by atoms with E-state index in [0.29, 0.717) is 12.5 Å². The van der Waals surface area contributed by atoms with Crippen LogP contribution in [0.4, 0.5) is 4.79 Å². The molecule has 2 fully saturated rings. The molecule has 2 rings (SSSR count). The van der Waals surface area contributed by atoms with Gasteiger partial charge in [0.1, 0.15) is 0 Å². The van der Waals surface area contributed by atoms with Crippen LogP contribution in [0.3, 0.4) is 0 Å². The standard InChI is InChI=1S/C16H31N3O3/c1-12-13(16(2,3)14(12)21-4)18-15(20)17-6-5-7-19-8-10-22-11-9-19/h12-14H,5-11H2,1-4H3,(H2,17,18,20)/t12-,13+,14-/m1/s1. The molecule has 3 atom stereocenters. The zero-order valence-corrected chi connectivity index (χ0v) is 14.4. The molecule has 128 valence electrons. The number of nitrogens with one attached hydrogen (secondary N) is 2. The Hall–Kier alpha value is -0.850. The van der Waals surface area contributed by atoms with Crippen LogP contribution in [0.15, 0.2) is 0 Å². The van der Waals surface area contributed by atoms with Crippen molar-refractivity contribution in [2.75, 3.05) is 46.5 Å². The smallest absolute Gasteiger partial charge is 0.315 e. The molecular weight excluding hydrogens is 282 g/mol. The van der Waals surface area contributed by atoms with Crippen LogP contribution in [0, 0.1) is 11.3 Å². The van der Waals surface area contributed by atoms with Gasteiger partial charge in [0, 0.05) is 44.1 Å². The molecule has 6 heteroatoms. The minimum absolute atomic E-state index is 0.0146. The van der Waals surface area contributed by atoms with E-state index < -0.39 is 0 Å². The first-order valence-electron chi connectivity index (χ1n) is 8.34. The van der Waals surface area contributed by atoms with Gasteiger partial charge in [-0.25, -0.2) is 4.79 Å². The lowest BCUT2D eigenvalue weighted by atomic mass is 9.58. The van der Waals surface area contributed by atoms with Gasteiger partial charge in [-0.2, -0.15) is 0 Å². The third-order valence-corrected chi connectivity index (χ3v) is 5.12. The molecule has 1 aliphatic carbocycles. The molecule has 0 radical (unpaired) electrons. The summed E-state index contributed by atoms with van der Waals surface area (Å²) in [6.07, 6.45) is 1.18. The monoisotopic (exact) mass is 313 g/mol. The average Bonchev–Trinajstić information content (AvgIpc) is 2.50. The molecular formula is C16H31N3O3. The van der Waals surface area contributed by atoms with Crippen molar-refractivity contribution in [1.82, 2.24) is 15.5 Å². The number of amides is 2. The van der Waals surface area contributed by atoms with Crippen LogP contribution in [0.5, 0.6) is 0 Å². The highest BCUT2D eigenvalue weighted by molar-refractivity contribution is 5.74. The maximum absolute atomic E-state index is 12.0. The number of nitrogens with zero attached hydrogens (tertiary/aromatic N) is 1. The minimum Gasteiger partial charge on any atom is -0.380 e. The van der Waals surface area contributed by atoms with Gasteiger partial charge in [-0.15, -0.1) is 0 Å². The summed E-state index contributed by atoms with van der Waals surface area (Å²) in [7, 11) is 1.74. The number of methoxy groups -OCH3 is 1. The van der Waals surface area contributed by atoms with E-state index in [0.717, 1.165) is 39.3 Å². The van der Waals surface area contributed by atoms with Crippen LogP contribution in [-0.2, 0) is 9.47 Å². The molecule has 1 heterocycles. The number of hydrogen-bond donors (Lipinski definition) is 2. The van der Waals surface area contributed by atoms with Crippen LogP contribution in [-0.4, -0.2) is 69.6 Å². The highest BCUT2D eigenvalue weighted by atomic mass is 16.5. The highest BCUT2D eigenvalue weighted by Crippen LogP contribution is 2.46. The van der Waals surface area contributed by atoms with Crippen molar-refractivity contribution < 1.29 is 14.3 Å². The normalized spacial score (nSPS) is 31.4. The third kappa shape index (κ3) is 3.91. The Morgan fingerprint density at radius 1 is 1.36 bits per heavy atom. The Bertz CT molecular complexity index is 370. The summed E-state index contributed by atoms with van der Waals surface area (Å²) in [6.45, 7) is 11.8. The van der Waals surface area contributed by atoms with Crippen molar-refractivity contribution in [1.29, 1.82) is 0 Å². The van der Waals surface area contributed by atoms with E-state index in [1.165, 1.54) is 0 Å². The maximum Gasteiger partial charge on any atom is 0.315 e. The van der Waals surface area contributed by atoms with Crippen molar-refractivity contribution in [2.45, 2.75) is 39.3 Å². The maximum atomic E-state index is 12.0. The van der Waals surface area contributed by atoms with Crippen LogP contribution in [0.2, 0.25) is 0 Å². The summed E-state index contributed by atoms with van der Waals surface area (Å²) >= 11 is 0. The van der Waals surface area contributed by atoms with Gasteiger partial charge in [-0.05, 0) is 13.0 Å². The molecule has 2 N–H and O–H groups in total. The van der Waals surface area contributed by atoms with Crippen molar-refractivity contribution in [3.05, 3.63) is 0 Å². The van der Waals surface area contributed by atoms with Crippen LogP contribution in [0.1, 0.15) is 27.2 Å². The van der Waals surface area contributed by atoms with Crippen molar-refractivity contribution in [2.24, 2.45) is 11.3 Å². The predicted molar refractivity (Wildman–Crippen MR) is 85.9 cm³/mol. The van der Waals surface area contributed by atoms with Crippen LogP contribution >= 0.6 is 0 Å². The van der Waals surface area contributed by atoms with E-state index in [2.05, 4.69) is 36.3 Å². The first kappa shape index (κ1) is 17.5. The second-order valence-electron chi connectivity index (χ2n) is 7.02. The van der Waals surface area contributed by atoms with Gasteiger partial charge in [-0.3, -0.25) is 4.90 Å². The molecule has 2 amide bonds. The van der Waals surface area contributed by atoms with Crippen LogP contribution in [0.25, 0.3) is 0 Å². The number of carbonyl (C=O) groups is 1. The van der Waals surface area contributed by atoms with Gasteiger partial charge >= 0.3 is 6.03 Å². The van der Waals surface area contributed by atoms with E-state index in [1.54, 1.807) is 7.11 Å². The molecule has 0 bridgehead atoms. The molecule has 22 heavy (non-hydrogen) atoms. The summed E-state index contributed by atoms with van der Waals surface area (Å²) < 4.78 is 10.8. The fourth-order valence-corrected chi connectivity index (χ4v) is 3.95. The third-order valence-electron chi connectivity index (χ3n) is 5.12.